The molecule has 6 heteroatoms. The van der Waals surface area contributed by atoms with E-state index in [1.165, 1.54) is 283 Å². The molecule has 0 saturated carbocycles. The number of carbonyl (C=O) groups excluding carboxylic acids is 3. The van der Waals surface area contributed by atoms with Crippen molar-refractivity contribution in [3.05, 3.63) is 24.3 Å². The molecule has 1 unspecified atom stereocenters. The van der Waals surface area contributed by atoms with Crippen molar-refractivity contribution in [3.8, 4) is 0 Å². The average Bonchev–Trinajstić information content (AvgIpc) is 3.42. The lowest BCUT2D eigenvalue weighted by molar-refractivity contribution is -0.167. The fourth-order valence-electron chi connectivity index (χ4n) is 10.5. The average molecular weight is 1070 g/mol. The number of hydrogen-bond donors (Lipinski definition) is 0. The molecule has 0 fully saturated rings. The molecule has 0 N–H and O–H groups in total. The molecule has 0 aliphatic carbocycles. The van der Waals surface area contributed by atoms with Gasteiger partial charge in [0.1, 0.15) is 13.2 Å². The van der Waals surface area contributed by atoms with E-state index in [0.29, 0.717) is 19.3 Å². The summed E-state index contributed by atoms with van der Waals surface area (Å²) >= 11 is 0. The van der Waals surface area contributed by atoms with E-state index in [2.05, 4.69) is 45.1 Å². The first-order valence-electron chi connectivity index (χ1n) is 34.3. The van der Waals surface area contributed by atoms with Gasteiger partial charge in [-0.1, -0.05) is 340 Å². The van der Waals surface area contributed by atoms with Gasteiger partial charge >= 0.3 is 17.9 Å². The Morgan fingerprint density at radius 2 is 0.474 bits per heavy atom. The van der Waals surface area contributed by atoms with Gasteiger partial charge in [0.05, 0.1) is 0 Å². The van der Waals surface area contributed by atoms with Crippen molar-refractivity contribution in [2.75, 3.05) is 13.2 Å². The normalized spacial score (nSPS) is 12.1. The number of hydrogen-bond acceptors (Lipinski definition) is 6. The predicted molar refractivity (Wildman–Crippen MR) is 330 cm³/mol. The Morgan fingerprint density at radius 1 is 0.263 bits per heavy atom. The van der Waals surface area contributed by atoms with Gasteiger partial charge in [0.2, 0.25) is 0 Å². The van der Waals surface area contributed by atoms with Crippen molar-refractivity contribution in [2.24, 2.45) is 0 Å². The third-order valence-corrected chi connectivity index (χ3v) is 15.7. The molecule has 0 aromatic rings. The van der Waals surface area contributed by atoms with Gasteiger partial charge in [0.25, 0.3) is 0 Å². The topological polar surface area (TPSA) is 78.9 Å². The summed E-state index contributed by atoms with van der Waals surface area (Å²) in [5.41, 5.74) is 0. The van der Waals surface area contributed by atoms with E-state index in [0.717, 1.165) is 64.2 Å². The Bertz CT molecular complexity index is 1230. The van der Waals surface area contributed by atoms with Crippen molar-refractivity contribution in [1.29, 1.82) is 0 Å². The molecule has 0 aliphatic rings. The van der Waals surface area contributed by atoms with Crippen LogP contribution in [0.25, 0.3) is 0 Å². The van der Waals surface area contributed by atoms with E-state index in [1.807, 2.05) is 0 Å². The van der Waals surface area contributed by atoms with Crippen molar-refractivity contribution >= 4 is 17.9 Å². The fraction of sp³-hybridized carbons (Fsp3) is 0.900. The van der Waals surface area contributed by atoms with Gasteiger partial charge in [0, 0.05) is 19.3 Å². The van der Waals surface area contributed by atoms with Crippen molar-refractivity contribution in [2.45, 2.75) is 393 Å². The number of ether oxygens (including phenoxy) is 3. The van der Waals surface area contributed by atoms with Crippen LogP contribution in [0.15, 0.2) is 24.3 Å². The van der Waals surface area contributed by atoms with Crippen LogP contribution in [0.3, 0.4) is 0 Å². The van der Waals surface area contributed by atoms with Crippen LogP contribution in [0.5, 0.6) is 0 Å². The van der Waals surface area contributed by atoms with Crippen LogP contribution in [0, 0.1) is 0 Å². The summed E-state index contributed by atoms with van der Waals surface area (Å²) in [6.45, 7) is 6.66. The second-order valence-corrected chi connectivity index (χ2v) is 23.5. The third-order valence-electron chi connectivity index (χ3n) is 15.7. The van der Waals surface area contributed by atoms with Crippen molar-refractivity contribution in [3.63, 3.8) is 0 Å². The van der Waals surface area contributed by atoms with Gasteiger partial charge in [-0.25, -0.2) is 0 Å². The number of unbranched alkanes of at least 4 members (excludes halogenated alkanes) is 49. The van der Waals surface area contributed by atoms with E-state index in [4.69, 9.17) is 14.2 Å². The summed E-state index contributed by atoms with van der Waals surface area (Å²) in [4.78, 5) is 38.2. The predicted octanol–water partition coefficient (Wildman–Crippen LogP) is 23.4. The number of esters is 3. The van der Waals surface area contributed by atoms with Crippen LogP contribution in [0.1, 0.15) is 387 Å². The zero-order chi connectivity index (χ0) is 55.0. The summed E-state index contributed by atoms with van der Waals surface area (Å²) in [5.74, 6) is -0.848. The molecule has 1 atom stereocenters. The fourth-order valence-corrected chi connectivity index (χ4v) is 10.5. The number of rotatable bonds is 64. The molecule has 6 nitrogen and oxygen atoms in total. The van der Waals surface area contributed by atoms with Crippen LogP contribution in [-0.4, -0.2) is 37.2 Å². The molecule has 0 radical (unpaired) electrons. The SMILES string of the molecule is CCCCC/C=C\C/C=C\CCCCCCCCCCCC(=O)OC(COC(=O)CCCCCCCCCCC)COC(=O)CCCCCCCCCCCCCCCCCCCCCCCCCCCCCCCC. The highest BCUT2D eigenvalue weighted by Gasteiger charge is 2.19. The Balaban J connectivity index is 4.06. The summed E-state index contributed by atoms with van der Waals surface area (Å²) in [6, 6.07) is 0. The molecule has 0 rings (SSSR count). The molecule has 0 aromatic heterocycles. The zero-order valence-electron chi connectivity index (χ0n) is 51.6. The van der Waals surface area contributed by atoms with Crippen LogP contribution >= 0.6 is 0 Å². The molecule has 76 heavy (non-hydrogen) atoms. The minimum atomic E-state index is -0.769. The highest BCUT2D eigenvalue weighted by atomic mass is 16.6. The molecule has 0 spiro atoms. The van der Waals surface area contributed by atoms with E-state index < -0.39 is 6.10 Å². The second kappa shape index (κ2) is 65.4. The van der Waals surface area contributed by atoms with E-state index in [-0.39, 0.29) is 31.1 Å². The third kappa shape index (κ3) is 62.7. The quantitative estimate of drug-likeness (QED) is 0.0261. The monoisotopic (exact) mass is 1070 g/mol. The van der Waals surface area contributed by atoms with Gasteiger partial charge in [-0.05, 0) is 51.4 Å². The lowest BCUT2D eigenvalue weighted by atomic mass is 10.0. The molecule has 0 saturated heterocycles. The Morgan fingerprint density at radius 3 is 0.750 bits per heavy atom. The molecular formula is C70H132O6. The largest absolute Gasteiger partial charge is 0.462 e. The van der Waals surface area contributed by atoms with Crippen LogP contribution in [-0.2, 0) is 28.6 Å². The minimum Gasteiger partial charge on any atom is -0.462 e. The maximum absolute atomic E-state index is 12.9. The Kier molecular flexibility index (Phi) is 63.6. The molecule has 448 valence electrons. The van der Waals surface area contributed by atoms with Crippen LogP contribution < -0.4 is 0 Å². The molecule has 0 bridgehead atoms. The second-order valence-electron chi connectivity index (χ2n) is 23.5. The van der Waals surface area contributed by atoms with Crippen molar-refractivity contribution < 1.29 is 28.6 Å². The molecule has 0 aromatic carbocycles. The van der Waals surface area contributed by atoms with Crippen molar-refractivity contribution in [1.82, 2.24) is 0 Å². The highest BCUT2D eigenvalue weighted by molar-refractivity contribution is 5.71. The summed E-state index contributed by atoms with van der Waals surface area (Å²) in [6.07, 6.45) is 79.4. The maximum Gasteiger partial charge on any atom is 0.306 e. The maximum atomic E-state index is 12.9. The van der Waals surface area contributed by atoms with Gasteiger partial charge in [0.15, 0.2) is 6.10 Å². The zero-order valence-corrected chi connectivity index (χ0v) is 51.6. The van der Waals surface area contributed by atoms with Crippen LogP contribution in [0.2, 0.25) is 0 Å². The molecule has 0 aliphatic heterocycles. The number of allylic oxidation sites excluding steroid dienone is 4. The summed E-state index contributed by atoms with van der Waals surface area (Å²) < 4.78 is 16.9. The molecular weight excluding hydrogens is 937 g/mol. The first-order chi connectivity index (χ1) is 37.5. The standard InChI is InChI=1S/C70H132O6/c1-4-7-10-13-16-19-21-23-25-27-29-30-31-32-33-34-35-36-37-38-39-41-42-44-46-48-51-54-57-60-63-69(72)75-66-67(65-74-68(71)62-59-56-53-50-18-15-12-9-6-3)76-70(73)64-61-58-55-52-49-47-45-43-40-28-26-24-22-20-17-14-11-8-5-2/h17,20,24,26,67H,4-16,18-19,21-23,25,27-66H2,1-3H3/b20-17-,26-24-. The highest BCUT2D eigenvalue weighted by Crippen LogP contribution is 2.19. The summed E-state index contributed by atoms with van der Waals surface area (Å²) in [5, 5.41) is 0. The lowest BCUT2D eigenvalue weighted by Gasteiger charge is -2.18. The van der Waals surface area contributed by atoms with Crippen LogP contribution in [0.4, 0.5) is 0 Å². The summed E-state index contributed by atoms with van der Waals surface area (Å²) in [7, 11) is 0. The Hall–Kier alpha value is -2.11. The molecule has 0 heterocycles. The van der Waals surface area contributed by atoms with E-state index in [9.17, 15) is 14.4 Å². The van der Waals surface area contributed by atoms with Gasteiger partial charge in [-0.3, -0.25) is 14.4 Å². The van der Waals surface area contributed by atoms with Gasteiger partial charge in [-0.2, -0.15) is 0 Å². The minimum absolute atomic E-state index is 0.0672. The van der Waals surface area contributed by atoms with Gasteiger partial charge < -0.3 is 14.2 Å². The molecule has 0 amide bonds. The number of carbonyl (C=O) groups is 3. The Labute approximate surface area is 474 Å². The van der Waals surface area contributed by atoms with E-state index in [1.54, 1.807) is 0 Å². The first kappa shape index (κ1) is 73.9. The lowest BCUT2D eigenvalue weighted by Crippen LogP contribution is -2.30. The van der Waals surface area contributed by atoms with E-state index >= 15 is 0 Å². The smallest absolute Gasteiger partial charge is 0.306 e. The first-order valence-corrected chi connectivity index (χ1v) is 34.3. The van der Waals surface area contributed by atoms with Gasteiger partial charge in [-0.15, -0.1) is 0 Å².